The molecule has 16 heavy (non-hydrogen) atoms. The molecule has 1 saturated carbocycles. The van der Waals surface area contributed by atoms with Crippen LogP contribution in [0.25, 0.3) is 0 Å². The minimum absolute atomic E-state index is 0.0647. The molecule has 0 radical (unpaired) electrons. The minimum atomic E-state index is -0.0647. The van der Waals surface area contributed by atoms with E-state index in [1.54, 1.807) is 0 Å². The van der Waals surface area contributed by atoms with Crippen LogP contribution in [0.5, 0.6) is 0 Å². The zero-order valence-electron chi connectivity index (χ0n) is 10.1. The van der Waals surface area contributed by atoms with E-state index in [2.05, 4.69) is 6.58 Å². The number of hydrogen-bond acceptors (Lipinski definition) is 3. The van der Waals surface area contributed by atoms with Crippen molar-refractivity contribution in [2.45, 2.75) is 44.6 Å². The molecule has 0 heterocycles. The number of ether oxygens (including phenoxy) is 2. The lowest BCUT2D eigenvalue weighted by Crippen LogP contribution is -2.27. The van der Waals surface area contributed by atoms with Crippen molar-refractivity contribution in [2.75, 3.05) is 13.7 Å². The monoisotopic (exact) mass is 226 g/mol. The molecule has 0 saturated heterocycles. The summed E-state index contributed by atoms with van der Waals surface area (Å²) in [5.74, 6) is 0.0307. The average Bonchev–Trinajstić information content (AvgIpc) is 2.34. The summed E-state index contributed by atoms with van der Waals surface area (Å²) < 4.78 is 10.5. The van der Waals surface area contributed by atoms with Crippen LogP contribution in [-0.2, 0) is 14.3 Å². The van der Waals surface area contributed by atoms with E-state index in [1.807, 2.05) is 6.08 Å². The van der Waals surface area contributed by atoms with E-state index in [0.717, 1.165) is 45.1 Å². The molecule has 0 atom stereocenters. The van der Waals surface area contributed by atoms with E-state index < -0.39 is 0 Å². The fraction of sp³-hybridized carbons (Fsp3) is 0.769. The van der Waals surface area contributed by atoms with Crippen molar-refractivity contribution in [3.05, 3.63) is 12.7 Å². The molecule has 1 fully saturated rings. The lowest BCUT2D eigenvalue weighted by molar-refractivity contribution is -0.147. The first-order valence-electron chi connectivity index (χ1n) is 6.08. The van der Waals surface area contributed by atoms with Crippen molar-refractivity contribution in [3.8, 4) is 0 Å². The van der Waals surface area contributed by atoms with Crippen LogP contribution in [0, 0.1) is 5.92 Å². The Kier molecular flexibility index (Phi) is 6.16. The number of carbonyl (C=O) groups excluding carboxylic acids is 1. The van der Waals surface area contributed by atoms with Crippen molar-refractivity contribution in [2.24, 2.45) is 5.92 Å². The minimum Gasteiger partial charge on any atom is -0.469 e. The van der Waals surface area contributed by atoms with E-state index in [1.165, 1.54) is 7.11 Å². The molecule has 0 amide bonds. The third-order valence-electron chi connectivity index (χ3n) is 3.11. The lowest BCUT2D eigenvalue weighted by Gasteiger charge is -2.26. The number of carbonyl (C=O) groups is 1. The average molecular weight is 226 g/mol. The third kappa shape index (κ3) is 4.35. The molecule has 1 rings (SSSR count). The van der Waals surface area contributed by atoms with Crippen LogP contribution in [0.1, 0.15) is 38.5 Å². The molecule has 0 unspecified atom stereocenters. The highest BCUT2D eigenvalue weighted by molar-refractivity contribution is 5.72. The van der Waals surface area contributed by atoms with Crippen LogP contribution in [0.4, 0.5) is 0 Å². The van der Waals surface area contributed by atoms with Crippen LogP contribution in [0.3, 0.4) is 0 Å². The van der Waals surface area contributed by atoms with Gasteiger partial charge in [0.05, 0.1) is 19.1 Å². The van der Waals surface area contributed by atoms with Crippen LogP contribution in [0.2, 0.25) is 0 Å². The largest absolute Gasteiger partial charge is 0.469 e. The van der Waals surface area contributed by atoms with Gasteiger partial charge in [0.15, 0.2) is 0 Å². The van der Waals surface area contributed by atoms with Gasteiger partial charge in [-0.05, 0) is 38.5 Å². The van der Waals surface area contributed by atoms with E-state index in [4.69, 9.17) is 9.47 Å². The standard InChI is InChI=1S/C13H22O3/c1-3-4-5-10-16-12-8-6-11(7-9-12)13(14)15-2/h3,11-12H,1,4-10H2,2H3. The van der Waals surface area contributed by atoms with Gasteiger partial charge in [-0.1, -0.05) is 6.08 Å². The first kappa shape index (κ1) is 13.2. The summed E-state index contributed by atoms with van der Waals surface area (Å²) >= 11 is 0. The molecule has 0 spiro atoms. The Morgan fingerprint density at radius 1 is 1.38 bits per heavy atom. The summed E-state index contributed by atoms with van der Waals surface area (Å²) in [7, 11) is 1.46. The van der Waals surface area contributed by atoms with Crippen LogP contribution in [0.15, 0.2) is 12.7 Å². The number of unbranched alkanes of at least 4 members (excludes halogenated alkanes) is 1. The molecule has 0 aromatic carbocycles. The van der Waals surface area contributed by atoms with E-state index in [0.29, 0.717) is 6.10 Å². The topological polar surface area (TPSA) is 35.5 Å². The normalized spacial score (nSPS) is 25.1. The second-order valence-electron chi connectivity index (χ2n) is 4.30. The molecule has 0 N–H and O–H groups in total. The maximum Gasteiger partial charge on any atom is 0.308 e. The van der Waals surface area contributed by atoms with Gasteiger partial charge < -0.3 is 9.47 Å². The van der Waals surface area contributed by atoms with Gasteiger partial charge in [-0.25, -0.2) is 0 Å². The Bertz CT molecular complexity index is 217. The number of rotatable bonds is 6. The third-order valence-corrected chi connectivity index (χ3v) is 3.11. The molecular formula is C13H22O3. The molecule has 3 heteroatoms. The maximum absolute atomic E-state index is 11.3. The SMILES string of the molecule is C=CCCCOC1CCC(C(=O)OC)CC1. The van der Waals surface area contributed by atoms with E-state index in [9.17, 15) is 4.79 Å². The Balaban J connectivity index is 2.12. The lowest BCUT2D eigenvalue weighted by atomic mass is 9.87. The van der Waals surface area contributed by atoms with E-state index in [-0.39, 0.29) is 11.9 Å². The zero-order valence-corrected chi connectivity index (χ0v) is 10.1. The maximum atomic E-state index is 11.3. The summed E-state index contributed by atoms with van der Waals surface area (Å²) in [4.78, 5) is 11.3. The second-order valence-corrected chi connectivity index (χ2v) is 4.30. The number of methoxy groups -OCH3 is 1. The van der Waals surface area contributed by atoms with Gasteiger partial charge in [0.1, 0.15) is 0 Å². The van der Waals surface area contributed by atoms with Gasteiger partial charge in [0.2, 0.25) is 0 Å². The Morgan fingerprint density at radius 3 is 2.62 bits per heavy atom. The van der Waals surface area contributed by atoms with Gasteiger partial charge in [-0.15, -0.1) is 6.58 Å². The fourth-order valence-electron chi connectivity index (χ4n) is 2.11. The van der Waals surface area contributed by atoms with Crippen molar-refractivity contribution in [1.29, 1.82) is 0 Å². The molecule has 92 valence electrons. The second kappa shape index (κ2) is 7.44. The highest BCUT2D eigenvalue weighted by Gasteiger charge is 2.26. The van der Waals surface area contributed by atoms with Crippen molar-refractivity contribution in [3.63, 3.8) is 0 Å². The Hall–Kier alpha value is -0.830. The van der Waals surface area contributed by atoms with Crippen LogP contribution in [-0.4, -0.2) is 25.8 Å². The first-order chi connectivity index (χ1) is 7.77. The predicted molar refractivity (Wildman–Crippen MR) is 63.1 cm³/mol. The molecule has 0 aliphatic heterocycles. The van der Waals surface area contributed by atoms with E-state index >= 15 is 0 Å². The molecule has 1 aliphatic carbocycles. The van der Waals surface area contributed by atoms with Crippen LogP contribution < -0.4 is 0 Å². The molecule has 0 aromatic heterocycles. The fourth-order valence-corrected chi connectivity index (χ4v) is 2.11. The molecule has 0 aromatic rings. The number of allylic oxidation sites excluding steroid dienone is 1. The van der Waals surface area contributed by atoms with Gasteiger partial charge in [-0.3, -0.25) is 4.79 Å². The van der Waals surface area contributed by atoms with Gasteiger partial charge in [0.25, 0.3) is 0 Å². The quantitative estimate of drug-likeness (QED) is 0.397. The van der Waals surface area contributed by atoms with Gasteiger partial charge >= 0.3 is 5.97 Å². The molecule has 3 nitrogen and oxygen atoms in total. The molecule has 0 bridgehead atoms. The highest BCUT2D eigenvalue weighted by Crippen LogP contribution is 2.27. The summed E-state index contributed by atoms with van der Waals surface area (Å²) in [5.41, 5.74) is 0. The molecular weight excluding hydrogens is 204 g/mol. The van der Waals surface area contributed by atoms with Crippen molar-refractivity contribution in [1.82, 2.24) is 0 Å². The Labute approximate surface area is 97.8 Å². The Morgan fingerprint density at radius 2 is 2.06 bits per heavy atom. The zero-order chi connectivity index (χ0) is 11.8. The smallest absolute Gasteiger partial charge is 0.308 e. The summed E-state index contributed by atoms with van der Waals surface area (Å²) in [6.45, 7) is 4.48. The van der Waals surface area contributed by atoms with Gasteiger partial charge in [0, 0.05) is 6.61 Å². The first-order valence-corrected chi connectivity index (χ1v) is 6.08. The van der Waals surface area contributed by atoms with Crippen LogP contribution >= 0.6 is 0 Å². The summed E-state index contributed by atoms with van der Waals surface area (Å²) in [5, 5.41) is 0. The number of hydrogen-bond donors (Lipinski definition) is 0. The van der Waals surface area contributed by atoms with Crippen molar-refractivity contribution >= 4 is 5.97 Å². The predicted octanol–water partition coefficient (Wildman–Crippen LogP) is 2.70. The summed E-state index contributed by atoms with van der Waals surface area (Å²) in [6, 6.07) is 0. The molecule has 1 aliphatic rings. The number of esters is 1. The summed E-state index contributed by atoms with van der Waals surface area (Å²) in [6.07, 6.45) is 8.07. The highest BCUT2D eigenvalue weighted by atomic mass is 16.5. The van der Waals surface area contributed by atoms with Gasteiger partial charge in [-0.2, -0.15) is 0 Å². The van der Waals surface area contributed by atoms with Crippen molar-refractivity contribution < 1.29 is 14.3 Å².